The van der Waals surface area contributed by atoms with Gasteiger partial charge in [-0.15, -0.1) is 0 Å². The van der Waals surface area contributed by atoms with Crippen molar-refractivity contribution in [2.75, 3.05) is 19.5 Å². The zero-order valence-corrected chi connectivity index (χ0v) is 13.0. The van der Waals surface area contributed by atoms with Gasteiger partial charge in [0.2, 0.25) is 0 Å². The maximum absolute atomic E-state index is 9.40. The van der Waals surface area contributed by atoms with Crippen molar-refractivity contribution in [1.29, 1.82) is 0 Å². The first-order valence-electron chi connectivity index (χ1n) is 6.96. The van der Waals surface area contributed by atoms with Crippen LogP contribution in [0, 0.1) is 0 Å². The van der Waals surface area contributed by atoms with E-state index in [9.17, 15) is 5.11 Å². The van der Waals surface area contributed by atoms with Gasteiger partial charge in [0.1, 0.15) is 17.2 Å². The minimum Gasteiger partial charge on any atom is -0.508 e. The lowest BCUT2D eigenvalue weighted by Crippen LogP contribution is -2.01. The van der Waals surface area contributed by atoms with Crippen LogP contribution in [0.2, 0.25) is 0 Å². The molecule has 0 radical (unpaired) electrons. The van der Waals surface area contributed by atoms with E-state index in [0.717, 1.165) is 22.7 Å². The number of methoxy groups -OCH3 is 2. The summed E-state index contributed by atoms with van der Waals surface area (Å²) < 4.78 is 10.5. The third-order valence-electron chi connectivity index (χ3n) is 2.82. The van der Waals surface area contributed by atoms with Crippen LogP contribution in [0.3, 0.4) is 0 Å². The molecule has 4 heteroatoms. The molecule has 4 nitrogen and oxygen atoms in total. The summed E-state index contributed by atoms with van der Waals surface area (Å²) in [6, 6.07) is 12.7. The molecule has 0 aliphatic rings. The van der Waals surface area contributed by atoms with Crippen LogP contribution < -0.4 is 14.8 Å². The molecule has 0 saturated heterocycles. The highest BCUT2D eigenvalue weighted by molar-refractivity contribution is 5.49. The zero-order valence-electron chi connectivity index (χ0n) is 13.0. The maximum Gasteiger partial charge on any atom is 0.127 e. The van der Waals surface area contributed by atoms with E-state index in [-0.39, 0.29) is 5.75 Å². The molecule has 0 saturated carbocycles. The van der Waals surface area contributed by atoms with E-state index in [1.165, 1.54) is 0 Å². The van der Waals surface area contributed by atoms with Gasteiger partial charge in [-0.3, -0.25) is 0 Å². The van der Waals surface area contributed by atoms with Crippen molar-refractivity contribution in [3.8, 4) is 17.2 Å². The number of phenols is 1. The molecule has 2 rings (SSSR count). The van der Waals surface area contributed by atoms with Crippen LogP contribution in [0.4, 0.5) is 5.69 Å². The van der Waals surface area contributed by atoms with Crippen molar-refractivity contribution >= 4 is 5.69 Å². The molecule has 0 heterocycles. The van der Waals surface area contributed by atoms with E-state index in [4.69, 9.17) is 9.47 Å². The summed E-state index contributed by atoms with van der Waals surface area (Å²) in [5.74, 6) is 1.77. The largest absolute Gasteiger partial charge is 0.508 e. The van der Waals surface area contributed by atoms with Crippen LogP contribution in [0.1, 0.15) is 19.4 Å². The lowest BCUT2D eigenvalue weighted by molar-refractivity contribution is 0.391. The molecule has 0 fully saturated rings. The van der Waals surface area contributed by atoms with Gasteiger partial charge in [-0.1, -0.05) is 19.9 Å². The first-order chi connectivity index (χ1) is 10.2. The fourth-order valence-corrected chi connectivity index (χ4v) is 1.81. The first kappa shape index (κ1) is 16.7. The molecule has 0 bridgehead atoms. The van der Waals surface area contributed by atoms with Gasteiger partial charge in [0.05, 0.1) is 14.2 Å². The zero-order chi connectivity index (χ0) is 15.7. The highest BCUT2D eigenvalue weighted by Gasteiger charge is 2.05. The molecular formula is C17H23NO3. The summed E-state index contributed by atoms with van der Waals surface area (Å²) in [4.78, 5) is 0. The molecule has 0 spiro atoms. The molecule has 0 unspecified atom stereocenters. The Balaban J connectivity index is 0.00000106. The van der Waals surface area contributed by atoms with Crippen molar-refractivity contribution in [2.24, 2.45) is 0 Å². The van der Waals surface area contributed by atoms with Crippen molar-refractivity contribution in [2.45, 2.75) is 20.4 Å². The van der Waals surface area contributed by atoms with Gasteiger partial charge < -0.3 is 19.9 Å². The van der Waals surface area contributed by atoms with E-state index < -0.39 is 0 Å². The Morgan fingerprint density at radius 1 is 1.00 bits per heavy atom. The predicted octanol–water partition coefficient (Wildman–Crippen LogP) is 4.05. The van der Waals surface area contributed by atoms with Crippen LogP contribution in [0.15, 0.2) is 42.5 Å². The van der Waals surface area contributed by atoms with Gasteiger partial charge in [-0.25, -0.2) is 0 Å². The summed E-state index contributed by atoms with van der Waals surface area (Å²) in [5, 5.41) is 12.6. The number of benzene rings is 2. The van der Waals surface area contributed by atoms with E-state index in [1.807, 2.05) is 38.1 Å². The molecule has 21 heavy (non-hydrogen) atoms. The Bertz CT molecular complexity index is 555. The average Bonchev–Trinajstić information content (AvgIpc) is 2.54. The van der Waals surface area contributed by atoms with Gasteiger partial charge in [0.25, 0.3) is 0 Å². The van der Waals surface area contributed by atoms with Crippen molar-refractivity contribution in [1.82, 2.24) is 0 Å². The Hall–Kier alpha value is -2.36. The predicted molar refractivity (Wildman–Crippen MR) is 86.3 cm³/mol. The quantitative estimate of drug-likeness (QED) is 0.872. The molecule has 0 aromatic heterocycles. The fraction of sp³-hybridized carbons (Fsp3) is 0.294. The number of aromatic hydroxyl groups is 1. The van der Waals surface area contributed by atoms with E-state index in [0.29, 0.717) is 6.54 Å². The Morgan fingerprint density at radius 2 is 1.76 bits per heavy atom. The Morgan fingerprint density at radius 3 is 2.38 bits per heavy atom. The number of nitrogens with one attached hydrogen (secondary N) is 1. The standard InChI is InChI=1S/C15H17NO3.C2H6/c1-18-14-7-6-11(15(9-14)19-2)10-16-12-4-3-5-13(17)8-12;1-2/h3-9,16-17H,10H2,1-2H3;1-2H3. The fourth-order valence-electron chi connectivity index (χ4n) is 1.81. The van der Waals surface area contributed by atoms with Crippen molar-refractivity contribution in [3.05, 3.63) is 48.0 Å². The lowest BCUT2D eigenvalue weighted by Gasteiger charge is -2.12. The van der Waals surface area contributed by atoms with Crippen LogP contribution in [-0.2, 0) is 6.54 Å². The number of hydrogen-bond donors (Lipinski definition) is 2. The molecule has 114 valence electrons. The normalized spacial score (nSPS) is 9.33. The molecule has 0 atom stereocenters. The molecule has 0 aliphatic carbocycles. The number of hydrogen-bond acceptors (Lipinski definition) is 4. The third-order valence-corrected chi connectivity index (χ3v) is 2.82. The average molecular weight is 289 g/mol. The SMILES string of the molecule is CC.COc1ccc(CNc2cccc(O)c2)c(OC)c1. The third kappa shape index (κ3) is 4.91. The summed E-state index contributed by atoms with van der Waals surface area (Å²) in [6.45, 7) is 4.61. The van der Waals surface area contributed by atoms with Gasteiger partial charge in [-0.2, -0.15) is 0 Å². The summed E-state index contributed by atoms with van der Waals surface area (Å²) in [5.41, 5.74) is 1.88. The second kappa shape index (κ2) is 8.74. The second-order valence-corrected chi connectivity index (χ2v) is 4.08. The van der Waals surface area contributed by atoms with Gasteiger partial charge in [-0.05, 0) is 24.3 Å². The molecule has 2 aromatic carbocycles. The van der Waals surface area contributed by atoms with E-state index >= 15 is 0 Å². The molecule has 0 aliphatic heterocycles. The van der Waals surface area contributed by atoms with Crippen molar-refractivity contribution < 1.29 is 14.6 Å². The van der Waals surface area contributed by atoms with Crippen molar-refractivity contribution in [3.63, 3.8) is 0 Å². The number of rotatable bonds is 5. The van der Waals surface area contributed by atoms with Gasteiger partial charge >= 0.3 is 0 Å². The van der Waals surface area contributed by atoms with Crippen LogP contribution in [0.5, 0.6) is 17.2 Å². The number of anilines is 1. The van der Waals surface area contributed by atoms with Gasteiger partial charge in [0.15, 0.2) is 0 Å². The number of ether oxygens (including phenoxy) is 2. The van der Waals surface area contributed by atoms with E-state index in [2.05, 4.69) is 5.32 Å². The van der Waals surface area contributed by atoms with Crippen LogP contribution in [-0.4, -0.2) is 19.3 Å². The Kier molecular flexibility index (Phi) is 6.95. The van der Waals surface area contributed by atoms with Gasteiger partial charge in [0, 0.05) is 29.9 Å². The first-order valence-corrected chi connectivity index (χ1v) is 6.96. The highest BCUT2D eigenvalue weighted by Crippen LogP contribution is 2.25. The smallest absolute Gasteiger partial charge is 0.127 e. The van der Waals surface area contributed by atoms with Crippen LogP contribution in [0.25, 0.3) is 0 Å². The number of phenolic OH excluding ortho intramolecular Hbond substituents is 1. The summed E-state index contributed by atoms with van der Waals surface area (Å²) in [7, 11) is 3.26. The molecule has 0 amide bonds. The molecule has 2 aromatic rings. The lowest BCUT2D eigenvalue weighted by atomic mass is 10.2. The summed E-state index contributed by atoms with van der Waals surface area (Å²) >= 11 is 0. The minimum atomic E-state index is 0.242. The van der Waals surface area contributed by atoms with Crippen LogP contribution >= 0.6 is 0 Å². The topological polar surface area (TPSA) is 50.7 Å². The minimum absolute atomic E-state index is 0.242. The highest BCUT2D eigenvalue weighted by atomic mass is 16.5. The maximum atomic E-state index is 9.40. The molecule has 2 N–H and O–H groups in total. The Labute approximate surface area is 126 Å². The summed E-state index contributed by atoms with van der Waals surface area (Å²) in [6.07, 6.45) is 0. The monoisotopic (exact) mass is 289 g/mol. The van der Waals surface area contributed by atoms with E-state index in [1.54, 1.807) is 32.4 Å². The molecular weight excluding hydrogens is 266 g/mol. The second-order valence-electron chi connectivity index (χ2n) is 4.08.